The summed E-state index contributed by atoms with van der Waals surface area (Å²) in [6.45, 7) is 6.47. The minimum atomic E-state index is -0.797. The lowest BCUT2D eigenvalue weighted by Crippen LogP contribution is -2.30. The first-order valence-corrected chi connectivity index (χ1v) is 28.8. The summed E-state index contributed by atoms with van der Waals surface area (Å²) in [6.07, 6.45) is 69.5. The van der Waals surface area contributed by atoms with E-state index in [1.54, 1.807) is 0 Å². The molecule has 0 aliphatic heterocycles. The summed E-state index contributed by atoms with van der Waals surface area (Å²) in [5.41, 5.74) is 0. The monoisotopic (exact) mass is 937 g/mol. The number of carbonyl (C=O) groups excluding carboxylic acids is 3. The molecule has 0 radical (unpaired) electrons. The van der Waals surface area contributed by atoms with Crippen LogP contribution in [0.3, 0.4) is 0 Å². The molecule has 0 fully saturated rings. The van der Waals surface area contributed by atoms with Gasteiger partial charge in [-0.1, -0.05) is 255 Å². The van der Waals surface area contributed by atoms with E-state index >= 15 is 0 Å². The van der Waals surface area contributed by atoms with Crippen molar-refractivity contribution in [3.63, 3.8) is 0 Å². The van der Waals surface area contributed by atoms with Crippen molar-refractivity contribution in [3.8, 4) is 0 Å². The van der Waals surface area contributed by atoms with E-state index < -0.39 is 6.10 Å². The second kappa shape index (κ2) is 55.7. The molecule has 67 heavy (non-hydrogen) atoms. The number of allylic oxidation sites excluding steroid dienone is 10. The zero-order valence-corrected chi connectivity index (χ0v) is 44.4. The van der Waals surface area contributed by atoms with Crippen molar-refractivity contribution in [2.75, 3.05) is 13.2 Å². The van der Waals surface area contributed by atoms with E-state index in [0.717, 1.165) is 83.5 Å². The van der Waals surface area contributed by atoms with Crippen molar-refractivity contribution >= 4 is 17.9 Å². The van der Waals surface area contributed by atoms with Gasteiger partial charge in [0.05, 0.1) is 0 Å². The zero-order chi connectivity index (χ0) is 48.6. The normalized spacial score (nSPS) is 12.5. The topological polar surface area (TPSA) is 78.9 Å². The van der Waals surface area contributed by atoms with Crippen molar-refractivity contribution in [2.45, 2.75) is 297 Å². The molecule has 0 rings (SSSR count). The lowest BCUT2D eigenvalue weighted by molar-refractivity contribution is -0.167. The number of rotatable bonds is 52. The molecule has 0 aliphatic rings. The van der Waals surface area contributed by atoms with Crippen molar-refractivity contribution in [3.05, 3.63) is 60.8 Å². The molecule has 6 heteroatoms. The van der Waals surface area contributed by atoms with E-state index in [4.69, 9.17) is 14.2 Å². The Morgan fingerprint density at radius 3 is 1.00 bits per heavy atom. The Balaban J connectivity index is 4.28. The minimum absolute atomic E-state index is 0.0912. The van der Waals surface area contributed by atoms with E-state index in [-0.39, 0.29) is 37.5 Å². The SMILES string of the molecule is CC/C=C\C/C=C\C/C=C\C/C=C\CCCCC(=O)OC(COC(=O)CCCCCCC/C=C\CCCC)COC(=O)CCCCCCCCCCCCCCCCCCCCCCCCC. The molecular formula is C61H108O6. The lowest BCUT2D eigenvalue weighted by atomic mass is 10.0. The third kappa shape index (κ3) is 53.9. The van der Waals surface area contributed by atoms with Crippen molar-refractivity contribution in [1.29, 1.82) is 0 Å². The molecule has 0 saturated carbocycles. The maximum absolute atomic E-state index is 12.8. The highest BCUT2D eigenvalue weighted by Crippen LogP contribution is 2.17. The third-order valence-corrected chi connectivity index (χ3v) is 12.5. The standard InChI is InChI=1S/C61H108O6/c1-4-7-10-13-16-19-22-24-26-27-28-29-30-31-32-33-35-36-39-42-45-48-51-54-60(63)66-57-58(56-65-59(62)53-50-47-44-41-38-21-18-15-12-9-6-3)67-61(64)55-52-49-46-43-40-37-34-25-23-20-17-14-11-8-5-2/h8,11,15,17-18,20,25,34,40,43,58H,4-7,9-10,12-14,16,19,21-24,26-33,35-39,41-42,44-57H2,1-3H3/b11-8-,18-15-,20-17-,34-25-,43-40-. The summed E-state index contributed by atoms with van der Waals surface area (Å²) in [4.78, 5) is 38.0. The summed E-state index contributed by atoms with van der Waals surface area (Å²) in [5.74, 6) is -0.934. The molecule has 0 aromatic heterocycles. The fourth-order valence-electron chi connectivity index (χ4n) is 8.18. The van der Waals surface area contributed by atoms with Gasteiger partial charge in [0.15, 0.2) is 6.10 Å². The average Bonchev–Trinajstić information content (AvgIpc) is 3.33. The maximum Gasteiger partial charge on any atom is 0.306 e. The molecule has 0 aromatic carbocycles. The summed E-state index contributed by atoms with van der Waals surface area (Å²) in [5, 5.41) is 0. The van der Waals surface area contributed by atoms with Crippen molar-refractivity contribution < 1.29 is 28.6 Å². The second-order valence-corrected chi connectivity index (χ2v) is 19.2. The molecule has 0 aliphatic carbocycles. The zero-order valence-electron chi connectivity index (χ0n) is 44.4. The summed E-state index contributed by atoms with van der Waals surface area (Å²) < 4.78 is 16.8. The van der Waals surface area contributed by atoms with Crippen LogP contribution in [0.5, 0.6) is 0 Å². The van der Waals surface area contributed by atoms with Crippen LogP contribution in [0.4, 0.5) is 0 Å². The highest BCUT2D eigenvalue weighted by molar-refractivity contribution is 5.71. The Labute approximate surface area is 415 Å². The largest absolute Gasteiger partial charge is 0.462 e. The van der Waals surface area contributed by atoms with Crippen LogP contribution in [0.2, 0.25) is 0 Å². The molecule has 388 valence electrons. The van der Waals surface area contributed by atoms with Crippen LogP contribution in [0.15, 0.2) is 60.8 Å². The molecule has 0 bridgehead atoms. The number of esters is 3. The van der Waals surface area contributed by atoms with Crippen LogP contribution in [-0.4, -0.2) is 37.2 Å². The second-order valence-electron chi connectivity index (χ2n) is 19.2. The molecule has 1 unspecified atom stereocenters. The number of hydrogen-bond acceptors (Lipinski definition) is 6. The molecule has 0 N–H and O–H groups in total. The van der Waals surface area contributed by atoms with Gasteiger partial charge >= 0.3 is 17.9 Å². The quantitative estimate of drug-likeness (QED) is 0.0262. The van der Waals surface area contributed by atoms with Gasteiger partial charge in [0, 0.05) is 19.3 Å². The first-order valence-electron chi connectivity index (χ1n) is 28.8. The first kappa shape index (κ1) is 64.1. The van der Waals surface area contributed by atoms with E-state index in [2.05, 4.69) is 81.5 Å². The summed E-state index contributed by atoms with van der Waals surface area (Å²) in [6, 6.07) is 0. The number of hydrogen-bond donors (Lipinski definition) is 0. The average molecular weight is 938 g/mol. The lowest BCUT2D eigenvalue weighted by Gasteiger charge is -2.18. The Kier molecular flexibility index (Phi) is 53.3. The van der Waals surface area contributed by atoms with Gasteiger partial charge in [0.1, 0.15) is 13.2 Å². The molecule has 0 aromatic rings. The fraction of sp³-hybridized carbons (Fsp3) is 0.787. The predicted molar refractivity (Wildman–Crippen MR) is 288 cm³/mol. The van der Waals surface area contributed by atoms with Gasteiger partial charge in [-0.15, -0.1) is 0 Å². The van der Waals surface area contributed by atoms with Crippen molar-refractivity contribution in [2.24, 2.45) is 0 Å². The summed E-state index contributed by atoms with van der Waals surface area (Å²) >= 11 is 0. The molecule has 0 heterocycles. The number of ether oxygens (including phenoxy) is 3. The molecule has 0 saturated heterocycles. The highest BCUT2D eigenvalue weighted by Gasteiger charge is 2.19. The van der Waals surface area contributed by atoms with E-state index in [9.17, 15) is 14.4 Å². The number of unbranched alkanes of at least 4 members (excludes halogenated alkanes) is 31. The molecule has 1 atom stereocenters. The number of carbonyl (C=O) groups is 3. The van der Waals surface area contributed by atoms with Gasteiger partial charge in [-0.2, -0.15) is 0 Å². The predicted octanol–water partition coefficient (Wildman–Crippen LogP) is 19.2. The van der Waals surface area contributed by atoms with Crippen LogP contribution < -0.4 is 0 Å². The Hall–Kier alpha value is -2.89. The van der Waals surface area contributed by atoms with Gasteiger partial charge in [-0.25, -0.2) is 0 Å². The van der Waals surface area contributed by atoms with Gasteiger partial charge in [0.25, 0.3) is 0 Å². The Bertz CT molecular complexity index is 1210. The summed E-state index contributed by atoms with van der Waals surface area (Å²) in [7, 11) is 0. The van der Waals surface area contributed by atoms with E-state index in [1.807, 2.05) is 0 Å². The van der Waals surface area contributed by atoms with Gasteiger partial charge in [0.2, 0.25) is 0 Å². The van der Waals surface area contributed by atoms with Gasteiger partial charge in [-0.3, -0.25) is 14.4 Å². The first-order chi connectivity index (χ1) is 33.0. The minimum Gasteiger partial charge on any atom is -0.462 e. The van der Waals surface area contributed by atoms with Gasteiger partial charge < -0.3 is 14.2 Å². The molecule has 0 amide bonds. The van der Waals surface area contributed by atoms with E-state index in [1.165, 1.54) is 161 Å². The van der Waals surface area contributed by atoms with Gasteiger partial charge in [-0.05, 0) is 77.0 Å². The highest BCUT2D eigenvalue weighted by atomic mass is 16.6. The molecule has 6 nitrogen and oxygen atoms in total. The fourth-order valence-corrected chi connectivity index (χ4v) is 8.18. The molecular weight excluding hydrogens is 829 g/mol. The van der Waals surface area contributed by atoms with Crippen LogP contribution >= 0.6 is 0 Å². The Morgan fingerprint density at radius 1 is 0.313 bits per heavy atom. The smallest absolute Gasteiger partial charge is 0.306 e. The van der Waals surface area contributed by atoms with Crippen LogP contribution in [-0.2, 0) is 28.6 Å². The maximum atomic E-state index is 12.8. The Morgan fingerprint density at radius 2 is 0.597 bits per heavy atom. The van der Waals surface area contributed by atoms with Crippen LogP contribution in [0, 0.1) is 0 Å². The van der Waals surface area contributed by atoms with Crippen LogP contribution in [0.25, 0.3) is 0 Å². The van der Waals surface area contributed by atoms with Crippen LogP contribution in [0.1, 0.15) is 290 Å². The van der Waals surface area contributed by atoms with E-state index in [0.29, 0.717) is 19.3 Å². The van der Waals surface area contributed by atoms with Crippen molar-refractivity contribution in [1.82, 2.24) is 0 Å². The third-order valence-electron chi connectivity index (χ3n) is 12.5. The molecule has 0 spiro atoms.